The fourth-order valence-corrected chi connectivity index (χ4v) is 3.66. The molecule has 0 spiro atoms. The summed E-state index contributed by atoms with van der Waals surface area (Å²) < 4.78 is 2.16. The molecular formula is C20H20N6. The number of fused-ring (bicyclic) bond motifs is 1. The van der Waals surface area contributed by atoms with Crippen LogP contribution < -0.4 is 9.80 Å². The van der Waals surface area contributed by atoms with Gasteiger partial charge in [0.05, 0.1) is 11.4 Å². The molecule has 130 valence electrons. The molecule has 2 aliphatic rings. The molecule has 3 aromatic rings. The Hall–Kier alpha value is -3.07. The Morgan fingerprint density at radius 2 is 1.73 bits per heavy atom. The van der Waals surface area contributed by atoms with Gasteiger partial charge in [0.25, 0.3) is 0 Å². The van der Waals surface area contributed by atoms with Crippen LogP contribution in [0.5, 0.6) is 0 Å². The summed E-state index contributed by atoms with van der Waals surface area (Å²) in [4.78, 5) is 13.5. The summed E-state index contributed by atoms with van der Waals surface area (Å²) in [5, 5.41) is 9.03. The molecule has 1 aliphatic carbocycles. The monoisotopic (exact) mass is 344 g/mol. The zero-order valence-corrected chi connectivity index (χ0v) is 14.5. The standard InChI is InChI=1S/C20H20N6/c21-12-16-11-17(5-6-22-16)24-7-9-25(10-8-24)18-3-4-20-23-19(15-1-2-15)14-26(20)13-18/h3-6,11,13-15H,1-2,7-10H2. The quantitative estimate of drug-likeness (QED) is 0.731. The second-order valence-corrected chi connectivity index (χ2v) is 7.08. The molecule has 1 aliphatic heterocycles. The van der Waals surface area contributed by atoms with Crippen LogP contribution in [0, 0.1) is 11.3 Å². The Bertz CT molecular complexity index is 989. The van der Waals surface area contributed by atoms with Gasteiger partial charge < -0.3 is 14.2 Å². The van der Waals surface area contributed by atoms with Crippen LogP contribution in [-0.4, -0.2) is 40.5 Å². The SMILES string of the molecule is N#Cc1cc(N2CCN(c3ccc4nc(C5CC5)cn4c3)CC2)ccn1. The van der Waals surface area contributed by atoms with Gasteiger partial charge in [-0.05, 0) is 37.1 Å². The van der Waals surface area contributed by atoms with E-state index < -0.39 is 0 Å². The van der Waals surface area contributed by atoms with Gasteiger partial charge in [0.2, 0.25) is 0 Å². The van der Waals surface area contributed by atoms with E-state index in [1.54, 1.807) is 6.20 Å². The van der Waals surface area contributed by atoms with Gasteiger partial charge >= 0.3 is 0 Å². The minimum absolute atomic E-state index is 0.474. The number of nitriles is 1. The normalized spacial score (nSPS) is 17.5. The van der Waals surface area contributed by atoms with Crippen molar-refractivity contribution in [2.24, 2.45) is 0 Å². The Kier molecular flexibility index (Phi) is 3.52. The molecule has 0 atom stereocenters. The van der Waals surface area contributed by atoms with E-state index in [1.165, 1.54) is 24.2 Å². The average Bonchev–Trinajstić information content (AvgIpc) is 3.47. The van der Waals surface area contributed by atoms with Gasteiger partial charge in [-0.25, -0.2) is 9.97 Å². The maximum atomic E-state index is 9.03. The minimum Gasteiger partial charge on any atom is -0.368 e. The van der Waals surface area contributed by atoms with Crippen LogP contribution >= 0.6 is 0 Å². The Morgan fingerprint density at radius 1 is 0.962 bits per heavy atom. The molecule has 6 nitrogen and oxygen atoms in total. The largest absolute Gasteiger partial charge is 0.368 e. The molecule has 6 heteroatoms. The molecule has 4 heterocycles. The lowest BCUT2D eigenvalue weighted by Crippen LogP contribution is -2.46. The smallest absolute Gasteiger partial charge is 0.142 e. The van der Waals surface area contributed by atoms with Gasteiger partial charge in [0.15, 0.2) is 0 Å². The highest BCUT2D eigenvalue weighted by molar-refractivity contribution is 5.55. The number of piperazine rings is 1. The second-order valence-electron chi connectivity index (χ2n) is 7.08. The number of imidazole rings is 1. The van der Waals surface area contributed by atoms with Crippen molar-refractivity contribution in [1.82, 2.24) is 14.4 Å². The van der Waals surface area contributed by atoms with Crippen molar-refractivity contribution in [3.63, 3.8) is 0 Å². The van der Waals surface area contributed by atoms with Crippen LogP contribution in [0.3, 0.4) is 0 Å². The first-order valence-electron chi connectivity index (χ1n) is 9.15. The van der Waals surface area contributed by atoms with E-state index in [0.29, 0.717) is 11.6 Å². The fraction of sp³-hybridized carbons (Fsp3) is 0.350. The molecule has 26 heavy (non-hydrogen) atoms. The first-order valence-corrected chi connectivity index (χ1v) is 9.15. The molecule has 5 rings (SSSR count). The van der Waals surface area contributed by atoms with Crippen molar-refractivity contribution in [1.29, 1.82) is 5.26 Å². The summed E-state index contributed by atoms with van der Waals surface area (Å²) in [6.45, 7) is 3.79. The van der Waals surface area contributed by atoms with Crippen LogP contribution in [0.2, 0.25) is 0 Å². The molecule has 3 aromatic heterocycles. The molecule has 0 unspecified atom stereocenters. The zero-order chi connectivity index (χ0) is 17.5. The highest BCUT2D eigenvalue weighted by atomic mass is 15.3. The van der Waals surface area contributed by atoms with Gasteiger partial charge in [-0.1, -0.05) is 0 Å². The number of nitrogens with zero attached hydrogens (tertiary/aromatic N) is 6. The van der Waals surface area contributed by atoms with E-state index in [9.17, 15) is 0 Å². The van der Waals surface area contributed by atoms with E-state index in [2.05, 4.69) is 49.8 Å². The summed E-state index contributed by atoms with van der Waals surface area (Å²) in [7, 11) is 0. The fourth-order valence-electron chi connectivity index (χ4n) is 3.66. The summed E-state index contributed by atoms with van der Waals surface area (Å²) >= 11 is 0. The molecule has 2 fully saturated rings. The highest BCUT2D eigenvalue weighted by Gasteiger charge is 2.26. The third-order valence-corrected chi connectivity index (χ3v) is 5.32. The zero-order valence-electron chi connectivity index (χ0n) is 14.5. The van der Waals surface area contributed by atoms with E-state index in [4.69, 9.17) is 10.2 Å². The van der Waals surface area contributed by atoms with E-state index in [0.717, 1.165) is 37.5 Å². The van der Waals surface area contributed by atoms with E-state index in [1.807, 2.05) is 12.1 Å². The summed E-state index contributed by atoms with van der Waals surface area (Å²) in [6, 6.07) is 10.3. The van der Waals surface area contributed by atoms with Crippen molar-refractivity contribution in [3.05, 3.63) is 54.2 Å². The van der Waals surface area contributed by atoms with Gasteiger partial charge in [-0.15, -0.1) is 0 Å². The maximum absolute atomic E-state index is 9.03. The summed E-state index contributed by atoms with van der Waals surface area (Å²) in [6.07, 6.45) is 8.66. The van der Waals surface area contributed by atoms with Crippen LogP contribution in [-0.2, 0) is 0 Å². The Labute approximate surface area is 152 Å². The number of rotatable bonds is 3. The lowest BCUT2D eigenvalue weighted by Gasteiger charge is -2.37. The van der Waals surface area contributed by atoms with Crippen molar-refractivity contribution < 1.29 is 0 Å². The van der Waals surface area contributed by atoms with Gasteiger partial charge in [-0.3, -0.25) is 0 Å². The first-order chi connectivity index (χ1) is 12.8. The molecule has 0 aromatic carbocycles. The maximum Gasteiger partial charge on any atom is 0.142 e. The summed E-state index contributed by atoms with van der Waals surface area (Å²) in [5.41, 5.74) is 5.06. The predicted molar refractivity (Wildman–Crippen MR) is 101 cm³/mol. The van der Waals surface area contributed by atoms with Crippen molar-refractivity contribution in [2.45, 2.75) is 18.8 Å². The Morgan fingerprint density at radius 3 is 2.46 bits per heavy atom. The molecule has 1 saturated heterocycles. The average molecular weight is 344 g/mol. The number of hydrogen-bond donors (Lipinski definition) is 0. The van der Waals surface area contributed by atoms with E-state index in [-0.39, 0.29) is 0 Å². The summed E-state index contributed by atoms with van der Waals surface area (Å²) in [5.74, 6) is 0.681. The molecule has 0 radical (unpaired) electrons. The number of pyridine rings is 2. The lowest BCUT2D eigenvalue weighted by atomic mass is 10.2. The number of anilines is 2. The lowest BCUT2D eigenvalue weighted by molar-refractivity contribution is 0.652. The van der Waals surface area contributed by atoms with Gasteiger partial charge in [0.1, 0.15) is 17.4 Å². The number of aromatic nitrogens is 3. The third-order valence-electron chi connectivity index (χ3n) is 5.32. The highest BCUT2D eigenvalue weighted by Crippen LogP contribution is 2.39. The topological polar surface area (TPSA) is 60.5 Å². The Balaban J connectivity index is 1.31. The van der Waals surface area contributed by atoms with Gasteiger partial charge in [0, 0.05) is 56.4 Å². The van der Waals surface area contributed by atoms with Crippen molar-refractivity contribution in [2.75, 3.05) is 36.0 Å². The van der Waals surface area contributed by atoms with Crippen LogP contribution in [0.4, 0.5) is 11.4 Å². The minimum atomic E-state index is 0.474. The van der Waals surface area contributed by atoms with Crippen molar-refractivity contribution in [3.8, 4) is 6.07 Å². The van der Waals surface area contributed by atoms with Crippen LogP contribution in [0.1, 0.15) is 30.1 Å². The molecule has 0 amide bonds. The molecular weight excluding hydrogens is 324 g/mol. The third kappa shape index (κ3) is 2.76. The molecule has 0 N–H and O–H groups in total. The van der Waals surface area contributed by atoms with Crippen LogP contribution in [0.15, 0.2) is 42.9 Å². The van der Waals surface area contributed by atoms with Crippen molar-refractivity contribution >= 4 is 17.0 Å². The first kappa shape index (κ1) is 15.2. The predicted octanol–water partition coefficient (Wildman–Crippen LogP) is 2.80. The molecule has 1 saturated carbocycles. The van der Waals surface area contributed by atoms with Crippen LogP contribution in [0.25, 0.3) is 5.65 Å². The van der Waals surface area contributed by atoms with E-state index >= 15 is 0 Å². The van der Waals surface area contributed by atoms with Gasteiger partial charge in [-0.2, -0.15) is 5.26 Å². The molecule has 0 bridgehead atoms. The number of hydrogen-bond acceptors (Lipinski definition) is 5. The second kappa shape index (κ2) is 6.03.